The van der Waals surface area contributed by atoms with Crippen molar-refractivity contribution in [1.29, 1.82) is 0 Å². The van der Waals surface area contributed by atoms with Crippen LogP contribution >= 0.6 is 0 Å². The quantitative estimate of drug-likeness (QED) is 0.819. The summed E-state index contributed by atoms with van der Waals surface area (Å²) < 4.78 is 12.0. The number of rotatable bonds is 1. The molecule has 2 heterocycles. The molecule has 2 rings (SSSR count). The first-order valence-electron chi connectivity index (χ1n) is 8.41. The summed E-state index contributed by atoms with van der Waals surface area (Å²) in [4.78, 5) is 38.2. The number of hydrogen-bond donors (Lipinski definition) is 1. The Hall–Kier alpha value is -2.58. The molecule has 1 aliphatic heterocycles. The van der Waals surface area contributed by atoms with E-state index in [-0.39, 0.29) is 24.0 Å². The highest BCUT2D eigenvalue weighted by Gasteiger charge is 2.38. The minimum absolute atomic E-state index is 0.112. The number of hydrogen-bond acceptors (Lipinski definition) is 6. The predicted octanol–water partition coefficient (Wildman–Crippen LogP) is 3.18. The molecule has 0 aromatic carbocycles. The maximum atomic E-state index is 12.8. The van der Waals surface area contributed by atoms with Crippen LogP contribution in [0.1, 0.15) is 65.0 Å². The molecule has 1 N–H and O–H groups in total. The van der Waals surface area contributed by atoms with Crippen LogP contribution in [0.3, 0.4) is 0 Å². The molecule has 0 radical (unpaired) electrons. The summed E-state index contributed by atoms with van der Waals surface area (Å²) in [5, 5.41) is 6.67. The average Bonchev–Trinajstić information content (AvgIpc) is 2.83. The third-order valence-electron chi connectivity index (χ3n) is 3.36. The Balaban J connectivity index is 2.26. The smallest absolute Gasteiger partial charge is 0.417 e. The van der Waals surface area contributed by atoms with E-state index in [4.69, 9.17) is 9.47 Å². The van der Waals surface area contributed by atoms with Crippen LogP contribution in [0, 0.1) is 0 Å². The topological polar surface area (TPSA) is 103 Å². The highest BCUT2D eigenvalue weighted by Crippen LogP contribution is 2.28. The van der Waals surface area contributed by atoms with Crippen molar-refractivity contribution in [1.82, 2.24) is 14.7 Å². The lowest BCUT2D eigenvalue weighted by molar-refractivity contribution is 0.0188. The number of fused-ring (bicyclic) bond motifs is 1. The van der Waals surface area contributed by atoms with Crippen LogP contribution in [0.25, 0.3) is 0 Å². The van der Waals surface area contributed by atoms with Gasteiger partial charge in [-0.2, -0.15) is 5.10 Å². The van der Waals surface area contributed by atoms with Gasteiger partial charge >= 0.3 is 12.2 Å². The number of imide groups is 1. The van der Waals surface area contributed by atoms with E-state index in [1.54, 1.807) is 41.5 Å². The van der Waals surface area contributed by atoms with E-state index in [0.29, 0.717) is 0 Å². The van der Waals surface area contributed by atoms with Crippen molar-refractivity contribution in [2.45, 2.75) is 65.7 Å². The van der Waals surface area contributed by atoms with Gasteiger partial charge in [-0.05, 0) is 48.5 Å². The van der Waals surface area contributed by atoms with Gasteiger partial charge in [-0.15, -0.1) is 0 Å². The number of carbonyl (C=O) groups is 3. The Morgan fingerprint density at radius 1 is 1.15 bits per heavy atom. The van der Waals surface area contributed by atoms with Gasteiger partial charge in [-0.3, -0.25) is 14.8 Å². The minimum atomic E-state index is -0.731. The summed E-state index contributed by atoms with van der Waals surface area (Å²) in [5.74, 6) is -0.582. The number of ether oxygens (including phenoxy) is 2. The third-order valence-corrected chi connectivity index (χ3v) is 3.36. The molecule has 9 heteroatoms. The van der Waals surface area contributed by atoms with Gasteiger partial charge in [0.1, 0.15) is 11.2 Å². The van der Waals surface area contributed by atoms with Crippen molar-refractivity contribution in [3.63, 3.8) is 0 Å². The molecule has 3 amide bonds. The monoisotopic (exact) mass is 366 g/mol. The van der Waals surface area contributed by atoms with E-state index >= 15 is 0 Å². The maximum absolute atomic E-state index is 12.8. The Morgan fingerprint density at radius 3 is 2.27 bits per heavy atom. The zero-order valence-electron chi connectivity index (χ0n) is 16.2. The molecule has 0 saturated carbocycles. The van der Waals surface area contributed by atoms with Crippen LogP contribution in [0.15, 0.2) is 6.20 Å². The molecular formula is C17H26N4O5. The van der Waals surface area contributed by atoms with E-state index in [1.807, 2.05) is 6.92 Å². The molecule has 1 aromatic rings. The number of nitrogens with zero attached hydrogens (tertiary/aromatic N) is 3. The van der Waals surface area contributed by atoms with Crippen LogP contribution in [-0.2, 0) is 9.47 Å². The third kappa shape index (κ3) is 4.53. The molecule has 1 aromatic heterocycles. The number of aromatic nitrogens is 2. The van der Waals surface area contributed by atoms with E-state index in [2.05, 4.69) is 10.4 Å². The molecule has 0 fully saturated rings. The summed E-state index contributed by atoms with van der Waals surface area (Å²) in [5.41, 5.74) is -1.11. The molecule has 0 aliphatic carbocycles. The highest BCUT2D eigenvalue weighted by atomic mass is 16.6. The summed E-state index contributed by atoms with van der Waals surface area (Å²) in [6.45, 7) is 12.3. The standard InChI is InChI=1S/C17H26N4O5/c1-10-9-20(15(24)26-17(5,6)7)13(22)12-11(8-18-21(10)12)19-14(23)25-16(2,3)4/h8,10H,9H2,1-7H3,(H,19,23)/t10-/m1/s1. The minimum Gasteiger partial charge on any atom is -0.444 e. The fourth-order valence-corrected chi connectivity index (χ4v) is 2.44. The van der Waals surface area contributed by atoms with E-state index in [0.717, 1.165) is 4.90 Å². The van der Waals surface area contributed by atoms with Gasteiger partial charge in [0.2, 0.25) is 0 Å². The SMILES string of the molecule is C[C@@H]1CN(C(=O)OC(C)(C)C)C(=O)c2c(NC(=O)OC(C)(C)C)cnn21. The number of anilines is 1. The number of carbonyl (C=O) groups excluding carboxylic acids is 3. The Kier molecular flexibility index (Phi) is 5.03. The second-order valence-electron chi connectivity index (χ2n) is 8.22. The van der Waals surface area contributed by atoms with Gasteiger partial charge in [-0.25, -0.2) is 14.5 Å². The van der Waals surface area contributed by atoms with Crippen LogP contribution < -0.4 is 5.32 Å². The zero-order chi connectivity index (χ0) is 19.9. The van der Waals surface area contributed by atoms with E-state index in [9.17, 15) is 14.4 Å². The lowest BCUT2D eigenvalue weighted by Gasteiger charge is -2.32. The fourth-order valence-electron chi connectivity index (χ4n) is 2.44. The number of amides is 3. The normalized spacial score (nSPS) is 17.6. The Bertz CT molecular complexity index is 726. The fraction of sp³-hybridized carbons (Fsp3) is 0.647. The molecule has 0 saturated heterocycles. The summed E-state index contributed by atoms with van der Waals surface area (Å²) in [7, 11) is 0. The molecule has 0 unspecified atom stereocenters. The summed E-state index contributed by atoms with van der Waals surface area (Å²) in [6, 6.07) is -0.260. The van der Waals surface area contributed by atoms with Crippen molar-refractivity contribution >= 4 is 23.8 Å². The number of nitrogens with one attached hydrogen (secondary N) is 1. The molecule has 1 atom stereocenters. The Morgan fingerprint density at radius 2 is 1.73 bits per heavy atom. The van der Waals surface area contributed by atoms with Crippen molar-refractivity contribution in [3.05, 3.63) is 11.9 Å². The van der Waals surface area contributed by atoms with Crippen LogP contribution in [0.4, 0.5) is 15.3 Å². The lowest BCUT2D eigenvalue weighted by atomic mass is 10.2. The molecule has 26 heavy (non-hydrogen) atoms. The first-order valence-corrected chi connectivity index (χ1v) is 8.41. The Labute approximate surface area is 152 Å². The second kappa shape index (κ2) is 6.62. The van der Waals surface area contributed by atoms with Crippen LogP contribution in [0.2, 0.25) is 0 Å². The summed E-state index contributed by atoms with van der Waals surface area (Å²) in [6.07, 6.45) is -0.0696. The van der Waals surface area contributed by atoms with Crippen molar-refractivity contribution < 1.29 is 23.9 Å². The molecule has 9 nitrogen and oxygen atoms in total. The molecule has 0 spiro atoms. The highest BCUT2D eigenvalue weighted by molar-refractivity contribution is 6.07. The first kappa shape index (κ1) is 19.7. The average molecular weight is 366 g/mol. The van der Waals surface area contributed by atoms with E-state index < -0.39 is 29.3 Å². The van der Waals surface area contributed by atoms with Crippen molar-refractivity contribution in [2.24, 2.45) is 0 Å². The largest absolute Gasteiger partial charge is 0.444 e. The lowest BCUT2D eigenvalue weighted by Crippen LogP contribution is -2.48. The molecule has 1 aliphatic rings. The maximum Gasteiger partial charge on any atom is 0.417 e. The molecular weight excluding hydrogens is 340 g/mol. The predicted molar refractivity (Wildman–Crippen MR) is 94.1 cm³/mol. The van der Waals surface area contributed by atoms with Crippen molar-refractivity contribution in [2.75, 3.05) is 11.9 Å². The summed E-state index contributed by atoms with van der Waals surface area (Å²) >= 11 is 0. The van der Waals surface area contributed by atoms with E-state index in [1.165, 1.54) is 10.9 Å². The van der Waals surface area contributed by atoms with Gasteiger partial charge < -0.3 is 9.47 Å². The van der Waals surface area contributed by atoms with Crippen molar-refractivity contribution in [3.8, 4) is 0 Å². The van der Waals surface area contributed by atoms with Gasteiger partial charge in [0, 0.05) is 0 Å². The van der Waals surface area contributed by atoms with Gasteiger partial charge in [0.15, 0.2) is 5.69 Å². The second-order valence-corrected chi connectivity index (χ2v) is 8.22. The first-order chi connectivity index (χ1) is 11.8. The van der Waals surface area contributed by atoms with Gasteiger partial charge in [0.05, 0.1) is 24.5 Å². The molecule has 0 bridgehead atoms. The van der Waals surface area contributed by atoms with Crippen LogP contribution in [-0.4, -0.2) is 50.5 Å². The van der Waals surface area contributed by atoms with Crippen LogP contribution in [0.5, 0.6) is 0 Å². The van der Waals surface area contributed by atoms with Gasteiger partial charge in [0.25, 0.3) is 5.91 Å². The zero-order valence-corrected chi connectivity index (χ0v) is 16.2. The van der Waals surface area contributed by atoms with Gasteiger partial charge in [-0.1, -0.05) is 0 Å². The molecule has 144 valence electrons.